The standard InChI is InChI=1S/C20H17BF3N3/c1-19(8-12(9-19)10-25)13-3-2-4-15(5-13)27-11-16-17(20(22,23)24)6-14(21)7-18(16)26/h2-7,11-12H,8-9,26H2,1H3. The number of nitriles is 1. The Morgan fingerprint density at radius 2 is 2.00 bits per heavy atom. The van der Waals surface area contributed by atoms with E-state index in [1.807, 2.05) is 18.2 Å². The van der Waals surface area contributed by atoms with Crippen molar-refractivity contribution in [3.8, 4) is 6.07 Å². The van der Waals surface area contributed by atoms with Gasteiger partial charge in [0.2, 0.25) is 0 Å². The molecule has 2 N–H and O–H groups in total. The zero-order valence-corrected chi connectivity index (χ0v) is 14.7. The molecule has 1 aliphatic carbocycles. The van der Waals surface area contributed by atoms with Crippen molar-refractivity contribution < 1.29 is 13.2 Å². The van der Waals surface area contributed by atoms with E-state index in [2.05, 4.69) is 18.0 Å². The Hall–Kier alpha value is -2.75. The molecule has 0 amide bonds. The molecule has 0 saturated heterocycles. The van der Waals surface area contributed by atoms with Crippen molar-refractivity contribution >= 4 is 30.9 Å². The molecule has 7 heteroatoms. The van der Waals surface area contributed by atoms with Crippen LogP contribution >= 0.6 is 0 Å². The number of rotatable bonds is 3. The minimum atomic E-state index is -4.58. The van der Waals surface area contributed by atoms with Gasteiger partial charge >= 0.3 is 6.18 Å². The summed E-state index contributed by atoms with van der Waals surface area (Å²) in [5.74, 6) is 0.0473. The number of alkyl halides is 3. The molecule has 0 heterocycles. The molecule has 1 aliphatic rings. The van der Waals surface area contributed by atoms with Gasteiger partial charge in [0, 0.05) is 23.4 Å². The lowest BCUT2D eigenvalue weighted by Gasteiger charge is -2.42. The summed E-state index contributed by atoms with van der Waals surface area (Å²) >= 11 is 0. The van der Waals surface area contributed by atoms with Crippen molar-refractivity contribution in [1.82, 2.24) is 0 Å². The Bertz CT molecular complexity index is 938. The lowest BCUT2D eigenvalue weighted by molar-refractivity contribution is -0.137. The third-order valence-corrected chi connectivity index (χ3v) is 5.00. The molecule has 3 nitrogen and oxygen atoms in total. The molecule has 2 aromatic carbocycles. The van der Waals surface area contributed by atoms with Crippen LogP contribution in [0, 0.1) is 17.2 Å². The summed E-state index contributed by atoms with van der Waals surface area (Å²) in [5.41, 5.74) is 5.93. The van der Waals surface area contributed by atoms with Crippen molar-refractivity contribution in [2.75, 3.05) is 5.73 Å². The first-order chi connectivity index (χ1) is 12.6. The maximum atomic E-state index is 13.3. The predicted molar refractivity (Wildman–Crippen MR) is 101 cm³/mol. The van der Waals surface area contributed by atoms with Crippen LogP contribution in [-0.2, 0) is 11.6 Å². The molecule has 3 rings (SSSR count). The Morgan fingerprint density at radius 3 is 2.63 bits per heavy atom. The van der Waals surface area contributed by atoms with Crippen LogP contribution in [0.25, 0.3) is 0 Å². The smallest absolute Gasteiger partial charge is 0.398 e. The van der Waals surface area contributed by atoms with Crippen molar-refractivity contribution in [3.05, 3.63) is 53.1 Å². The maximum Gasteiger partial charge on any atom is 0.417 e. The van der Waals surface area contributed by atoms with Gasteiger partial charge in [-0.3, -0.25) is 4.99 Å². The van der Waals surface area contributed by atoms with Crippen LogP contribution in [0.4, 0.5) is 24.5 Å². The van der Waals surface area contributed by atoms with E-state index in [4.69, 9.17) is 18.8 Å². The topological polar surface area (TPSA) is 62.2 Å². The molecule has 1 saturated carbocycles. The Labute approximate surface area is 157 Å². The largest absolute Gasteiger partial charge is 0.417 e. The molecule has 0 aliphatic heterocycles. The molecule has 0 bridgehead atoms. The van der Waals surface area contributed by atoms with Gasteiger partial charge < -0.3 is 5.73 Å². The van der Waals surface area contributed by atoms with E-state index in [1.165, 1.54) is 6.07 Å². The molecule has 0 aromatic heterocycles. The van der Waals surface area contributed by atoms with Crippen molar-refractivity contribution in [1.29, 1.82) is 5.26 Å². The van der Waals surface area contributed by atoms with Crippen LogP contribution < -0.4 is 11.2 Å². The van der Waals surface area contributed by atoms with Gasteiger partial charge in [-0.25, -0.2) is 0 Å². The first-order valence-corrected chi connectivity index (χ1v) is 8.43. The van der Waals surface area contributed by atoms with E-state index in [0.29, 0.717) is 5.69 Å². The van der Waals surface area contributed by atoms with Gasteiger partial charge in [0.15, 0.2) is 0 Å². The Morgan fingerprint density at radius 1 is 1.30 bits per heavy atom. The number of nitrogens with two attached hydrogens (primary N) is 1. The fourth-order valence-corrected chi connectivity index (χ4v) is 3.53. The molecule has 27 heavy (non-hydrogen) atoms. The van der Waals surface area contributed by atoms with Gasteiger partial charge in [0.1, 0.15) is 7.85 Å². The van der Waals surface area contributed by atoms with Gasteiger partial charge in [0.05, 0.1) is 17.3 Å². The van der Waals surface area contributed by atoms with Crippen LogP contribution in [0.2, 0.25) is 0 Å². The minimum Gasteiger partial charge on any atom is -0.398 e. The number of hydrogen-bond donors (Lipinski definition) is 1. The van der Waals surface area contributed by atoms with Gasteiger partial charge in [-0.05, 0) is 42.0 Å². The summed E-state index contributed by atoms with van der Waals surface area (Å²) in [7, 11) is 5.50. The number of nitrogen functional groups attached to an aromatic ring is 1. The summed E-state index contributed by atoms with van der Waals surface area (Å²) in [5, 5.41) is 8.98. The maximum absolute atomic E-state index is 13.3. The Kier molecular flexibility index (Phi) is 4.77. The molecular weight excluding hydrogens is 350 g/mol. The van der Waals surface area contributed by atoms with Crippen LogP contribution in [0.15, 0.2) is 41.4 Å². The van der Waals surface area contributed by atoms with Crippen LogP contribution in [-0.4, -0.2) is 14.1 Å². The minimum absolute atomic E-state index is 0.0473. The number of benzene rings is 2. The molecule has 1 fully saturated rings. The zero-order valence-electron chi connectivity index (χ0n) is 14.7. The average molecular weight is 367 g/mol. The van der Waals surface area contributed by atoms with Crippen LogP contribution in [0.1, 0.15) is 36.5 Å². The fourth-order valence-electron chi connectivity index (χ4n) is 3.53. The summed E-state index contributed by atoms with van der Waals surface area (Å²) in [6, 6.07) is 11.7. The highest BCUT2D eigenvalue weighted by Crippen LogP contribution is 2.47. The van der Waals surface area contributed by atoms with Crippen molar-refractivity contribution in [2.45, 2.75) is 31.4 Å². The normalized spacial score (nSPS) is 22.4. The fraction of sp³-hybridized carbons (Fsp3) is 0.300. The van der Waals surface area contributed by atoms with Gasteiger partial charge in [0.25, 0.3) is 0 Å². The molecule has 0 atom stereocenters. The second-order valence-corrected chi connectivity index (χ2v) is 7.17. The Balaban J connectivity index is 1.92. The van der Waals surface area contributed by atoms with Crippen LogP contribution in [0.3, 0.4) is 0 Å². The van der Waals surface area contributed by atoms with Gasteiger partial charge in [-0.1, -0.05) is 30.6 Å². The highest BCUT2D eigenvalue weighted by Gasteiger charge is 2.41. The number of nitrogens with zero attached hydrogens (tertiary/aromatic N) is 2. The summed E-state index contributed by atoms with van der Waals surface area (Å²) in [6.45, 7) is 2.07. The van der Waals surface area contributed by atoms with E-state index in [0.717, 1.165) is 30.7 Å². The monoisotopic (exact) mass is 367 g/mol. The molecule has 136 valence electrons. The quantitative estimate of drug-likeness (QED) is 0.506. The van der Waals surface area contributed by atoms with Crippen molar-refractivity contribution in [2.24, 2.45) is 10.9 Å². The van der Waals surface area contributed by atoms with E-state index < -0.39 is 11.7 Å². The SMILES string of the molecule is [B]c1cc(N)c(C=Nc2cccc(C3(C)CC(C#N)C3)c2)c(C(F)(F)F)c1. The first-order valence-electron chi connectivity index (χ1n) is 8.43. The summed E-state index contributed by atoms with van der Waals surface area (Å²) in [6.07, 6.45) is -1.93. The molecule has 0 spiro atoms. The number of halogens is 3. The molecule has 2 aromatic rings. The van der Waals surface area contributed by atoms with E-state index >= 15 is 0 Å². The van der Waals surface area contributed by atoms with E-state index in [-0.39, 0.29) is 28.0 Å². The van der Waals surface area contributed by atoms with Gasteiger partial charge in [-0.15, -0.1) is 0 Å². The first kappa shape index (κ1) is 19.0. The second-order valence-electron chi connectivity index (χ2n) is 7.17. The lowest BCUT2D eigenvalue weighted by atomic mass is 9.60. The highest BCUT2D eigenvalue weighted by molar-refractivity contribution is 6.33. The number of hydrogen-bond acceptors (Lipinski definition) is 3. The zero-order chi connectivity index (χ0) is 19.8. The molecule has 2 radical (unpaired) electrons. The summed E-state index contributed by atoms with van der Waals surface area (Å²) < 4.78 is 39.8. The van der Waals surface area contributed by atoms with Gasteiger partial charge in [-0.2, -0.15) is 18.4 Å². The lowest BCUT2D eigenvalue weighted by Crippen LogP contribution is -2.37. The van der Waals surface area contributed by atoms with Crippen molar-refractivity contribution in [3.63, 3.8) is 0 Å². The van der Waals surface area contributed by atoms with E-state index in [1.54, 1.807) is 6.07 Å². The predicted octanol–water partition coefficient (Wildman–Crippen LogP) is 4.02. The number of anilines is 1. The molecule has 0 unspecified atom stereocenters. The summed E-state index contributed by atoms with van der Waals surface area (Å²) in [4.78, 5) is 4.20. The number of aliphatic imine (C=N–C) groups is 1. The average Bonchev–Trinajstić information content (AvgIpc) is 2.57. The third-order valence-electron chi connectivity index (χ3n) is 5.00. The highest BCUT2D eigenvalue weighted by atomic mass is 19.4. The third kappa shape index (κ3) is 3.85. The second kappa shape index (κ2) is 6.77. The van der Waals surface area contributed by atoms with Crippen LogP contribution in [0.5, 0.6) is 0 Å². The molecular formula is C20H17BF3N3. The van der Waals surface area contributed by atoms with E-state index in [9.17, 15) is 13.2 Å².